The summed E-state index contributed by atoms with van der Waals surface area (Å²) in [5.74, 6) is 4.75. The third kappa shape index (κ3) is 2.23. The van der Waals surface area contributed by atoms with E-state index in [1.165, 1.54) is 18.2 Å². The van der Waals surface area contributed by atoms with Crippen LogP contribution in [0.1, 0.15) is 0 Å². The monoisotopic (exact) mass is 201 g/mol. The molecule has 0 aliphatic carbocycles. The zero-order valence-corrected chi connectivity index (χ0v) is 7.27. The van der Waals surface area contributed by atoms with Crippen LogP contribution >= 0.6 is 0 Å². The van der Waals surface area contributed by atoms with Crippen LogP contribution in [-0.4, -0.2) is 13.0 Å². The number of benzene rings is 1. The van der Waals surface area contributed by atoms with E-state index in [-0.39, 0.29) is 10.6 Å². The molecule has 0 saturated carbocycles. The maximum atomic E-state index is 10.7. The predicted molar refractivity (Wildman–Crippen MR) is 45.0 cm³/mol. The maximum absolute atomic E-state index is 10.7. The van der Waals surface area contributed by atoms with E-state index >= 15 is 0 Å². The van der Waals surface area contributed by atoms with E-state index in [0.717, 1.165) is 0 Å². The summed E-state index contributed by atoms with van der Waals surface area (Å²) in [5, 5.41) is 6.27. The van der Waals surface area contributed by atoms with E-state index in [1.807, 2.05) is 0 Å². The van der Waals surface area contributed by atoms with Crippen LogP contribution in [0, 0.1) is 0 Å². The summed E-state index contributed by atoms with van der Waals surface area (Å²) in [4.78, 5) is -0.316. The van der Waals surface area contributed by atoms with Crippen LogP contribution in [0.5, 0.6) is 0 Å². The predicted octanol–water partition coefficient (Wildman–Crippen LogP) is 0.891. The van der Waals surface area contributed by atoms with Crippen LogP contribution in [0.25, 0.3) is 0 Å². The van der Waals surface area contributed by atoms with Gasteiger partial charge in [0.05, 0.1) is 0 Å². The van der Waals surface area contributed by atoms with Gasteiger partial charge in [-0.3, -0.25) is 4.55 Å². The molecule has 6 nitrogen and oxygen atoms in total. The SMILES string of the molecule is N/N=N/c1ccccc1S(=O)(=O)O. The Bertz CT molecular complexity index is 427. The van der Waals surface area contributed by atoms with Gasteiger partial charge in [-0.2, -0.15) is 8.42 Å². The third-order valence-corrected chi connectivity index (χ3v) is 2.21. The lowest BCUT2D eigenvalue weighted by molar-refractivity contribution is 0.483. The highest BCUT2D eigenvalue weighted by Gasteiger charge is 2.13. The normalized spacial score (nSPS) is 12.1. The fraction of sp³-hybridized carbons (Fsp3) is 0. The Morgan fingerprint density at radius 1 is 1.31 bits per heavy atom. The molecule has 0 saturated heterocycles. The van der Waals surface area contributed by atoms with Crippen molar-refractivity contribution in [2.45, 2.75) is 4.90 Å². The molecule has 0 bridgehead atoms. The topological polar surface area (TPSA) is 105 Å². The first-order valence-electron chi connectivity index (χ1n) is 3.23. The summed E-state index contributed by atoms with van der Waals surface area (Å²) in [6.07, 6.45) is 0. The molecule has 0 fully saturated rings. The van der Waals surface area contributed by atoms with Gasteiger partial charge in [0.25, 0.3) is 10.1 Å². The zero-order valence-electron chi connectivity index (χ0n) is 6.45. The zero-order chi connectivity index (χ0) is 9.90. The lowest BCUT2D eigenvalue weighted by Crippen LogP contribution is -1.97. The van der Waals surface area contributed by atoms with Crippen molar-refractivity contribution in [3.63, 3.8) is 0 Å². The van der Waals surface area contributed by atoms with Gasteiger partial charge in [-0.15, -0.1) is 5.11 Å². The summed E-state index contributed by atoms with van der Waals surface area (Å²) in [6.45, 7) is 0. The highest BCUT2D eigenvalue weighted by atomic mass is 32.2. The quantitative estimate of drug-likeness (QED) is 0.321. The molecule has 1 rings (SSSR count). The molecule has 3 N–H and O–H groups in total. The molecule has 0 spiro atoms. The second kappa shape index (κ2) is 3.50. The maximum Gasteiger partial charge on any atom is 0.296 e. The third-order valence-electron chi connectivity index (χ3n) is 1.31. The molecule has 0 amide bonds. The molecule has 0 atom stereocenters. The van der Waals surface area contributed by atoms with E-state index in [4.69, 9.17) is 10.4 Å². The van der Waals surface area contributed by atoms with E-state index in [1.54, 1.807) is 6.07 Å². The van der Waals surface area contributed by atoms with Crippen molar-refractivity contribution in [3.05, 3.63) is 24.3 Å². The molecule has 13 heavy (non-hydrogen) atoms. The molecule has 1 aromatic carbocycles. The Hall–Kier alpha value is -1.47. The molecule has 70 valence electrons. The second-order valence-electron chi connectivity index (χ2n) is 2.16. The standard InChI is InChI=1S/C6H7N3O3S/c7-9-8-5-3-1-2-4-6(5)13(10,11)12/h1-4H,(H2,7,8)(H,10,11,12). The first-order valence-corrected chi connectivity index (χ1v) is 4.67. The molecule has 0 radical (unpaired) electrons. The number of rotatable bonds is 2. The van der Waals surface area contributed by atoms with E-state index < -0.39 is 10.1 Å². The average Bonchev–Trinajstić information content (AvgIpc) is 2.04. The molecule has 0 aromatic heterocycles. The smallest absolute Gasteiger partial charge is 0.296 e. The van der Waals surface area contributed by atoms with Crippen molar-refractivity contribution in [1.82, 2.24) is 0 Å². The number of hydrogen-bond donors (Lipinski definition) is 2. The van der Waals surface area contributed by atoms with Crippen molar-refractivity contribution in [2.24, 2.45) is 16.2 Å². The van der Waals surface area contributed by atoms with Crippen LogP contribution in [0.2, 0.25) is 0 Å². The highest BCUT2D eigenvalue weighted by Crippen LogP contribution is 2.22. The van der Waals surface area contributed by atoms with Gasteiger partial charge in [0.15, 0.2) is 0 Å². The molecule has 0 unspecified atom stereocenters. The van der Waals surface area contributed by atoms with E-state index in [2.05, 4.69) is 10.3 Å². The van der Waals surface area contributed by atoms with Crippen molar-refractivity contribution < 1.29 is 13.0 Å². The van der Waals surface area contributed by atoms with Crippen LogP contribution in [0.15, 0.2) is 39.5 Å². The summed E-state index contributed by atoms with van der Waals surface area (Å²) in [6, 6.07) is 5.59. The second-order valence-corrected chi connectivity index (χ2v) is 3.55. The fourth-order valence-electron chi connectivity index (χ4n) is 0.820. The number of nitrogens with two attached hydrogens (primary N) is 1. The van der Waals surface area contributed by atoms with Gasteiger partial charge >= 0.3 is 0 Å². The van der Waals surface area contributed by atoms with Crippen LogP contribution in [0.3, 0.4) is 0 Å². The highest BCUT2D eigenvalue weighted by molar-refractivity contribution is 7.86. The number of nitrogens with zero attached hydrogens (tertiary/aromatic N) is 2. The minimum atomic E-state index is -4.26. The lowest BCUT2D eigenvalue weighted by Gasteiger charge is -1.98. The first kappa shape index (κ1) is 9.62. The van der Waals surface area contributed by atoms with Gasteiger partial charge in [-0.25, -0.2) is 0 Å². The van der Waals surface area contributed by atoms with Crippen molar-refractivity contribution in [3.8, 4) is 0 Å². The molecule has 0 heterocycles. The Labute approximate surface area is 74.8 Å². The minimum absolute atomic E-state index is 0.00694. The van der Waals surface area contributed by atoms with Gasteiger partial charge < -0.3 is 5.84 Å². The first-order chi connectivity index (χ1) is 6.05. The summed E-state index contributed by atoms with van der Waals surface area (Å²) in [5.41, 5.74) is 0.00694. The van der Waals surface area contributed by atoms with Crippen molar-refractivity contribution >= 4 is 15.8 Å². The summed E-state index contributed by atoms with van der Waals surface area (Å²) < 4.78 is 30.2. The van der Waals surface area contributed by atoms with Crippen LogP contribution < -0.4 is 5.84 Å². The van der Waals surface area contributed by atoms with Gasteiger partial charge in [0.1, 0.15) is 10.6 Å². The molecule has 0 aliphatic heterocycles. The Kier molecular flexibility index (Phi) is 2.59. The fourth-order valence-corrected chi connectivity index (χ4v) is 1.44. The van der Waals surface area contributed by atoms with E-state index in [0.29, 0.717) is 0 Å². The van der Waals surface area contributed by atoms with Gasteiger partial charge in [0.2, 0.25) is 0 Å². The minimum Gasteiger partial charge on any atom is -0.305 e. The van der Waals surface area contributed by atoms with Crippen molar-refractivity contribution in [1.29, 1.82) is 0 Å². The molecular weight excluding hydrogens is 194 g/mol. The van der Waals surface area contributed by atoms with E-state index in [9.17, 15) is 8.42 Å². The molecule has 0 aliphatic rings. The van der Waals surface area contributed by atoms with Crippen molar-refractivity contribution in [2.75, 3.05) is 0 Å². The van der Waals surface area contributed by atoms with Gasteiger partial charge in [-0.05, 0) is 12.1 Å². The molecule has 1 aromatic rings. The summed E-state index contributed by atoms with van der Waals surface area (Å²) in [7, 11) is -4.26. The molecule has 7 heteroatoms. The van der Waals surface area contributed by atoms with Gasteiger partial charge in [-0.1, -0.05) is 17.4 Å². The average molecular weight is 201 g/mol. The largest absolute Gasteiger partial charge is 0.305 e. The summed E-state index contributed by atoms with van der Waals surface area (Å²) >= 11 is 0. The number of hydrogen-bond acceptors (Lipinski definition) is 4. The van der Waals surface area contributed by atoms with Gasteiger partial charge in [0, 0.05) is 0 Å². The Morgan fingerprint density at radius 2 is 1.92 bits per heavy atom. The Balaban J connectivity index is 3.37. The molecular formula is C6H7N3O3S. The van der Waals surface area contributed by atoms with Crippen LogP contribution in [0.4, 0.5) is 5.69 Å². The van der Waals surface area contributed by atoms with Crippen LogP contribution in [-0.2, 0) is 10.1 Å². The lowest BCUT2D eigenvalue weighted by atomic mass is 10.3. The Morgan fingerprint density at radius 3 is 2.46 bits per heavy atom.